The number of anilines is 1. The number of carbonyl (C=O) groups excluding carboxylic acids is 1. The number of nitrogens with one attached hydrogen (secondary N) is 1. The Balaban J connectivity index is 1.88. The maximum Gasteiger partial charge on any atom is 0.243 e. The van der Waals surface area contributed by atoms with Crippen molar-refractivity contribution in [2.45, 2.75) is 43.0 Å². The standard InChI is InChI=1S/C24H32N2O7S/c1-30-20-12-10-17(14-22(20)32-3)25-24(27)16-26(18-8-6-5-7-9-18)34(28,29)19-11-13-21(31-2)23(15-19)33-4/h10-15,18H,5-9,16H2,1-4H3,(H,25,27). The van der Waals surface area contributed by atoms with E-state index in [4.69, 9.17) is 18.9 Å². The second kappa shape index (κ2) is 11.4. The third-order valence-electron chi connectivity index (χ3n) is 5.91. The normalized spacial score (nSPS) is 14.5. The van der Waals surface area contributed by atoms with Crippen molar-refractivity contribution >= 4 is 21.6 Å². The fraction of sp³-hybridized carbons (Fsp3) is 0.458. The van der Waals surface area contributed by atoms with Gasteiger partial charge in [0.25, 0.3) is 0 Å². The molecule has 0 aliphatic heterocycles. The summed E-state index contributed by atoms with van der Waals surface area (Å²) in [6.07, 6.45) is 4.30. The average Bonchev–Trinajstić information content (AvgIpc) is 2.87. The highest BCUT2D eigenvalue weighted by atomic mass is 32.2. The molecule has 2 aromatic rings. The maximum atomic E-state index is 13.7. The first-order valence-corrected chi connectivity index (χ1v) is 12.5. The largest absolute Gasteiger partial charge is 0.493 e. The van der Waals surface area contributed by atoms with E-state index in [1.54, 1.807) is 24.3 Å². The molecule has 1 N–H and O–H groups in total. The van der Waals surface area contributed by atoms with E-state index in [2.05, 4.69) is 5.32 Å². The van der Waals surface area contributed by atoms with Crippen molar-refractivity contribution in [3.8, 4) is 23.0 Å². The smallest absolute Gasteiger partial charge is 0.243 e. The van der Waals surface area contributed by atoms with E-state index in [0.717, 1.165) is 19.3 Å². The zero-order valence-electron chi connectivity index (χ0n) is 20.0. The van der Waals surface area contributed by atoms with E-state index < -0.39 is 15.9 Å². The number of methoxy groups -OCH3 is 4. The van der Waals surface area contributed by atoms with Crippen LogP contribution in [0, 0.1) is 0 Å². The van der Waals surface area contributed by atoms with E-state index in [0.29, 0.717) is 41.5 Å². The van der Waals surface area contributed by atoms with E-state index in [9.17, 15) is 13.2 Å². The summed E-state index contributed by atoms with van der Waals surface area (Å²) in [4.78, 5) is 13.0. The molecule has 3 rings (SSSR count). The predicted molar refractivity (Wildman–Crippen MR) is 128 cm³/mol. The molecular weight excluding hydrogens is 460 g/mol. The highest BCUT2D eigenvalue weighted by Crippen LogP contribution is 2.34. The van der Waals surface area contributed by atoms with Gasteiger partial charge in [-0.05, 0) is 37.1 Å². The maximum absolute atomic E-state index is 13.7. The molecule has 186 valence electrons. The van der Waals surface area contributed by atoms with Gasteiger partial charge in [-0.15, -0.1) is 0 Å². The molecule has 1 aliphatic rings. The van der Waals surface area contributed by atoms with E-state index in [-0.39, 0.29) is 17.5 Å². The van der Waals surface area contributed by atoms with Crippen LogP contribution in [-0.4, -0.2) is 59.7 Å². The molecule has 0 bridgehead atoms. The molecule has 1 amide bonds. The van der Waals surface area contributed by atoms with Gasteiger partial charge in [-0.25, -0.2) is 8.42 Å². The van der Waals surface area contributed by atoms with Crippen LogP contribution in [0.1, 0.15) is 32.1 Å². The lowest BCUT2D eigenvalue weighted by Gasteiger charge is -2.33. The van der Waals surface area contributed by atoms with Crippen molar-refractivity contribution < 1.29 is 32.2 Å². The third kappa shape index (κ3) is 5.74. The topological polar surface area (TPSA) is 103 Å². The van der Waals surface area contributed by atoms with Gasteiger partial charge in [0.2, 0.25) is 15.9 Å². The minimum Gasteiger partial charge on any atom is -0.493 e. The molecule has 0 radical (unpaired) electrons. The minimum absolute atomic E-state index is 0.0506. The fourth-order valence-electron chi connectivity index (χ4n) is 4.15. The van der Waals surface area contributed by atoms with Gasteiger partial charge in [0, 0.05) is 23.9 Å². The summed E-state index contributed by atoms with van der Waals surface area (Å²) in [5.74, 6) is 1.28. The summed E-state index contributed by atoms with van der Waals surface area (Å²) in [6, 6.07) is 9.16. The Morgan fingerprint density at radius 2 is 1.41 bits per heavy atom. The summed E-state index contributed by atoms with van der Waals surface area (Å²) in [7, 11) is 1.99. The van der Waals surface area contributed by atoms with Gasteiger partial charge in [0.1, 0.15) is 0 Å². The molecular formula is C24H32N2O7S. The van der Waals surface area contributed by atoms with Crippen LogP contribution < -0.4 is 24.3 Å². The first-order valence-electron chi connectivity index (χ1n) is 11.1. The summed E-state index contributed by atoms with van der Waals surface area (Å²) in [6.45, 7) is -0.310. The lowest BCUT2D eigenvalue weighted by atomic mass is 9.95. The third-order valence-corrected chi connectivity index (χ3v) is 7.80. The number of sulfonamides is 1. The van der Waals surface area contributed by atoms with Crippen LogP contribution in [0.2, 0.25) is 0 Å². The molecule has 2 aromatic carbocycles. The molecule has 10 heteroatoms. The molecule has 1 aliphatic carbocycles. The first-order chi connectivity index (χ1) is 16.3. The Morgan fingerprint density at radius 1 is 0.853 bits per heavy atom. The molecule has 0 spiro atoms. The van der Waals surface area contributed by atoms with Crippen molar-refractivity contribution in [1.29, 1.82) is 0 Å². The Bertz CT molecular complexity index is 1100. The van der Waals surface area contributed by atoms with Crippen LogP contribution in [0.4, 0.5) is 5.69 Å². The molecule has 9 nitrogen and oxygen atoms in total. The van der Waals surface area contributed by atoms with Gasteiger partial charge < -0.3 is 24.3 Å². The molecule has 0 atom stereocenters. The van der Waals surface area contributed by atoms with Gasteiger partial charge in [-0.1, -0.05) is 19.3 Å². The van der Waals surface area contributed by atoms with Gasteiger partial charge in [0.05, 0.1) is 39.9 Å². The summed E-state index contributed by atoms with van der Waals surface area (Å²) < 4.78 is 49.7. The van der Waals surface area contributed by atoms with Gasteiger partial charge in [-0.3, -0.25) is 4.79 Å². The molecule has 0 heterocycles. The van der Waals surface area contributed by atoms with Crippen molar-refractivity contribution in [2.24, 2.45) is 0 Å². The monoisotopic (exact) mass is 492 g/mol. The highest BCUT2D eigenvalue weighted by molar-refractivity contribution is 7.89. The second-order valence-electron chi connectivity index (χ2n) is 7.98. The zero-order valence-corrected chi connectivity index (χ0v) is 20.8. The van der Waals surface area contributed by atoms with Crippen LogP contribution >= 0.6 is 0 Å². The lowest BCUT2D eigenvalue weighted by Crippen LogP contribution is -2.45. The predicted octanol–water partition coefficient (Wildman–Crippen LogP) is 3.68. The number of hydrogen-bond acceptors (Lipinski definition) is 7. The number of amides is 1. The van der Waals surface area contributed by atoms with Crippen LogP contribution in [0.25, 0.3) is 0 Å². The minimum atomic E-state index is -3.98. The Hall–Kier alpha value is -2.98. The Labute approximate surface area is 201 Å². The van der Waals surface area contributed by atoms with Crippen molar-refractivity contribution in [3.63, 3.8) is 0 Å². The zero-order chi connectivity index (χ0) is 24.7. The van der Waals surface area contributed by atoms with Crippen LogP contribution in [0.3, 0.4) is 0 Å². The fourth-order valence-corrected chi connectivity index (χ4v) is 5.81. The summed E-state index contributed by atoms with van der Waals surface area (Å²) in [5.41, 5.74) is 0.481. The lowest BCUT2D eigenvalue weighted by molar-refractivity contribution is -0.116. The van der Waals surface area contributed by atoms with Crippen LogP contribution in [0.15, 0.2) is 41.3 Å². The number of nitrogens with zero attached hydrogens (tertiary/aromatic N) is 1. The number of carbonyl (C=O) groups is 1. The SMILES string of the molecule is COc1ccc(NC(=O)CN(C2CCCCC2)S(=O)(=O)c2ccc(OC)c(OC)c2)cc1OC. The Kier molecular flexibility index (Phi) is 8.62. The van der Waals surface area contributed by atoms with Gasteiger partial charge in [0.15, 0.2) is 23.0 Å². The quantitative estimate of drug-likeness (QED) is 0.540. The molecule has 1 fully saturated rings. The molecule has 1 saturated carbocycles. The number of benzene rings is 2. The molecule has 0 aromatic heterocycles. The summed E-state index contributed by atoms with van der Waals surface area (Å²) in [5, 5.41) is 2.78. The van der Waals surface area contributed by atoms with Crippen molar-refractivity contribution in [3.05, 3.63) is 36.4 Å². The Morgan fingerprint density at radius 3 is 2.00 bits per heavy atom. The van der Waals surface area contributed by atoms with E-state index >= 15 is 0 Å². The van der Waals surface area contributed by atoms with E-state index in [1.807, 2.05) is 0 Å². The number of hydrogen-bond donors (Lipinski definition) is 1. The van der Waals surface area contributed by atoms with Crippen LogP contribution in [0.5, 0.6) is 23.0 Å². The average molecular weight is 493 g/mol. The first kappa shape index (κ1) is 25.6. The molecule has 0 saturated heterocycles. The highest BCUT2D eigenvalue weighted by Gasteiger charge is 2.34. The van der Waals surface area contributed by atoms with Gasteiger partial charge >= 0.3 is 0 Å². The van der Waals surface area contributed by atoms with E-state index in [1.165, 1.54) is 44.9 Å². The van der Waals surface area contributed by atoms with Crippen molar-refractivity contribution in [1.82, 2.24) is 4.31 Å². The summed E-state index contributed by atoms with van der Waals surface area (Å²) >= 11 is 0. The van der Waals surface area contributed by atoms with Crippen molar-refractivity contribution in [2.75, 3.05) is 40.3 Å². The molecule has 34 heavy (non-hydrogen) atoms. The van der Waals surface area contributed by atoms with Gasteiger partial charge in [-0.2, -0.15) is 4.31 Å². The second-order valence-corrected chi connectivity index (χ2v) is 9.87. The molecule has 0 unspecified atom stereocenters. The number of rotatable bonds is 10. The van der Waals surface area contributed by atoms with Crippen LogP contribution in [-0.2, 0) is 14.8 Å². The number of ether oxygens (including phenoxy) is 4.